The number of anilines is 2. The van der Waals surface area contributed by atoms with Crippen molar-refractivity contribution in [1.29, 1.82) is 0 Å². The maximum atomic E-state index is 14.7. The zero-order valence-corrected chi connectivity index (χ0v) is 20.7. The second kappa shape index (κ2) is 10.7. The first kappa shape index (κ1) is 26.9. The van der Waals surface area contributed by atoms with Crippen molar-refractivity contribution in [3.05, 3.63) is 70.4 Å². The van der Waals surface area contributed by atoms with Gasteiger partial charge in [0.2, 0.25) is 0 Å². The van der Waals surface area contributed by atoms with Crippen LogP contribution < -0.4 is 5.32 Å². The van der Waals surface area contributed by atoms with Crippen molar-refractivity contribution in [2.24, 2.45) is 5.41 Å². The van der Waals surface area contributed by atoms with Gasteiger partial charge in [-0.05, 0) is 44.0 Å². The van der Waals surface area contributed by atoms with Gasteiger partial charge < -0.3 is 10.4 Å². The Labute approximate surface area is 214 Å². The molecular formula is C25H25F5N4O2S. The van der Waals surface area contributed by atoms with Gasteiger partial charge in [0.05, 0.1) is 16.7 Å². The van der Waals surface area contributed by atoms with E-state index in [4.69, 9.17) is 0 Å². The Balaban J connectivity index is 1.55. The summed E-state index contributed by atoms with van der Waals surface area (Å²) in [6.07, 6.45) is -2.68. The third-order valence-electron chi connectivity index (χ3n) is 6.79. The summed E-state index contributed by atoms with van der Waals surface area (Å²) in [4.78, 5) is 22.7. The molecule has 2 unspecified atom stereocenters. The van der Waals surface area contributed by atoms with Gasteiger partial charge in [-0.2, -0.15) is 13.2 Å². The van der Waals surface area contributed by atoms with Gasteiger partial charge in [0.25, 0.3) is 0 Å². The maximum Gasteiger partial charge on any atom is 0.419 e. The number of likely N-dealkylation sites (tertiary alicyclic amines) is 1. The maximum absolute atomic E-state index is 14.7. The van der Waals surface area contributed by atoms with Crippen molar-refractivity contribution in [3.63, 3.8) is 0 Å². The smallest absolute Gasteiger partial charge is 0.419 e. The van der Waals surface area contributed by atoms with Crippen LogP contribution in [0.5, 0.6) is 0 Å². The Bertz CT molecular complexity index is 1250. The number of rotatable bonds is 8. The molecule has 0 bridgehead atoms. The number of carboxylic acid groups (broad SMARTS) is 1. The largest absolute Gasteiger partial charge is 0.481 e. The Kier molecular flexibility index (Phi) is 7.79. The highest BCUT2D eigenvalue weighted by Gasteiger charge is 2.46. The van der Waals surface area contributed by atoms with Crippen LogP contribution >= 0.6 is 11.3 Å². The van der Waals surface area contributed by atoms with E-state index in [2.05, 4.69) is 15.3 Å². The van der Waals surface area contributed by atoms with Crippen LogP contribution in [-0.4, -0.2) is 38.5 Å². The number of piperidine rings is 1. The molecule has 3 heterocycles. The van der Waals surface area contributed by atoms with E-state index < -0.39 is 34.8 Å². The number of pyridine rings is 1. The number of aliphatic carboxylic acids is 1. The first-order chi connectivity index (χ1) is 17.5. The molecule has 0 amide bonds. The van der Waals surface area contributed by atoms with E-state index in [0.717, 1.165) is 6.07 Å². The second-order valence-corrected chi connectivity index (χ2v) is 10.0. The number of carbonyl (C=O) groups is 1. The number of hydrogen-bond donors (Lipinski definition) is 2. The highest BCUT2D eigenvalue weighted by atomic mass is 32.1. The lowest BCUT2D eigenvalue weighted by molar-refractivity contribution is -0.154. The first-order valence-corrected chi connectivity index (χ1v) is 12.5. The number of thiazole rings is 1. The van der Waals surface area contributed by atoms with Gasteiger partial charge in [-0.15, -0.1) is 11.3 Å². The predicted molar refractivity (Wildman–Crippen MR) is 128 cm³/mol. The lowest BCUT2D eigenvalue weighted by atomic mass is 9.71. The molecule has 0 aliphatic carbocycles. The van der Waals surface area contributed by atoms with E-state index in [-0.39, 0.29) is 49.7 Å². The minimum absolute atomic E-state index is 0.00354. The first-order valence-electron chi connectivity index (χ1n) is 11.7. The summed E-state index contributed by atoms with van der Waals surface area (Å²) in [7, 11) is 0. The molecule has 2 N–H and O–H groups in total. The fourth-order valence-electron chi connectivity index (χ4n) is 4.80. The summed E-state index contributed by atoms with van der Waals surface area (Å²) in [5.74, 6) is -2.73. The topological polar surface area (TPSA) is 78.3 Å². The minimum atomic E-state index is -4.81. The van der Waals surface area contributed by atoms with E-state index in [9.17, 15) is 31.9 Å². The molecule has 1 aromatic carbocycles. The average Bonchev–Trinajstić information content (AvgIpc) is 3.35. The number of carboxylic acids is 1. The molecule has 6 nitrogen and oxygen atoms in total. The second-order valence-electron chi connectivity index (χ2n) is 9.11. The van der Waals surface area contributed by atoms with Gasteiger partial charge in [-0.1, -0.05) is 19.1 Å². The van der Waals surface area contributed by atoms with Crippen molar-refractivity contribution in [1.82, 2.24) is 14.9 Å². The van der Waals surface area contributed by atoms with Gasteiger partial charge >= 0.3 is 12.1 Å². The van der Waals surface area contributed by atoms with Crippen molar-refractivity contribution in [3.8, 4) is 0 Å². The molecule has 12 heteroatoms. The van der Waals surface area contributed by atoms with E-state index in [1.54, 1.807) is 16.5 Å². The zero-order valence-electron chi connectivity index (χ0n) is 19.9. The molecule has 0 radical (unpaired) electrons. The Morgan fingerprint density at radius 2 is 2.05 bits per heavy atom. The minimum Gasteiger partial charge on any atom is -0.481 e. The van der Waals surface area contributed by atoms with Crippen molar-refractivity contribution < 1.29 is 31.9 Å². The summed E-state index contributed by atoms with van der Waals surface area (Å²) in [6, 6.07) is 5.45. The lowest BCUT2D eigenvalue weighted by Crippen LogP contribution is -2.50. The molecule has 1 saturated heterocycles. The van der Waals surface area contributed by atoms with Crippen LogP contribution in [-0.2, 0) is 23.9 Å². The molecule has 37 heavy (non-hydrogen) atoms. The molecule has 0 saturated carbocycles. The van der Waals surface area contributed by atoms with E-state index in [1.807, 2.05) is 6.92 Å². The van der Waals surface area contributed by atoms with Gasteiger partial charge in [-0.25, -0.2) is 18.7 Å². The number of hydrogen-bond acceptors (Lipinski definition) is 6. The highest BCUT2D eigenvalue weighted by Crippen LogP contribution is 2.41. The monoisotopic (exact) mass is 540 g/mol. The van der Waals surface area contributed by atoms with E-state index in [0.29, 0.717) is 23.4 Å². The molecule has 3 aromatic rings. The molecule has 1 aliphatic heterocycles. The lowest BCUT2D eigenvalue weighted by Gasteiger charge is -2.44. The molecular weight excluding hydrogens is 515 g/mol. The van der Waals surface area contributed by atoms with Crippen LogP contribution in [0.2, 0.25) is 0 Å². The van der Waals surface area contributed by atoms with Crippen LogP contribution in [0.25, 0.3) is 0 Å². The molecule has 1 fully saturated rings. The number of benzene rings is 1. The number of halogens is 5. The number of alkyl halides is 3. The average molecular weight is 541 g/mol. The fourth-order valence-corrected chi connectivity index (χ4v) is 5.33. The summed E-state index contributed by atoms with van der Waals surface area (Å²) in [6.45, 7) is 1.93. The summed E-state index contributed by atoms with van der Waals surface area (Å²) >= 11 is 1.33. The van der Waals surface area contributed by atoms with Gasteiger partial charge in [0.1, 0.15) is 17.5 Å². The van der Waals surface area contributed by atoms with Gasteiger partial charge in [0, 0.05) is 36.1 Å². The van der Waals surface area contributed by atoms with Crippen LogP contribution in [0.4, 0.5) is 32.9 Å². The normalized spacial score (nSPS) is 20.6. The van der Waals surface area contributed by atoms with Crippen molar-refractivity contribution in [2.75, 3.05) is 11.9 Å². The predicted octanol–water partition coefficient (Wildman–Crippen LogP) is 6.27. The molecule has 1 aliphatic rings. The summed E-state index contributed by atoms with van der Waals surface area (Å²) < 4.78 is 68.8. The van der Waals surface area contributed by atoms with Crippen LogP contribution in [0.15, 0.2) is 41.9 Å². The van der Waals surface area contributed by atoms with Crippen LogP contribution in [0.1, 0.15) is 43.0 Å². The van der Waals surface area contributed by atoms with E-state index in [1.165, 1.54) is 29.5 Å². The number of aromatic nitrogens is 2. The molecule has 198 valence electrons. The Morgan fingerprint density at radius 1 is 1.27 bits per heavy atom. The SMILES string of the molecule is CCC1CC(Cc2nc(Nc3nccs3)ccc2F)(C(=O)O)CCN1Cc1cccc(C(F)(F)F)c1F. The van der Waals surface area contributed by atoms with Gasteiger partial charge in [0.15, 0.2) is 5.13 Å². The highest BCUT2D eigenvalue weighted by molar-refractivity contribution is 7.13. The van der Waals surface area contributed by atoms with Crippen molar-refractivity contribution in [2.45, 2.75) is 51.4 Å². The standard InChI is InChI=1S/C25H25F5N4O2S/c1-2-16-12-24(22(35)36,13-19-18(26)6-7-20(32-19)33-23-31-9-11-37-23)8-10-34(16)14-15-4-3-5-17(21(15)27)25(28,29)30/h3-7,9,11,16H,2,8,10,12-14H2,1H3,(H,35,36)(H,31,32,33). The Hall–Kier alpha value is -3.12. The van der Waals surface area contributed by atoms with Crippen LogP contribution in [0, 0.1) is 17.0 Å². The van der Waals surface area contributed by atoms with Gasteiger partial charge in [-0.3, -0.25) is 9.69 Å². The Morgan fingerprint density at radius 3 is 2.70 bits per heavy atom. The molecule has 2 atom stereocenters. The quantitative estimate of drug-likeness (QED) is 0.328. The third kappa shape index (κ3) is 5.90. The number of nitrogens with zero attached hydrogens (tertiary/aromatic N) is 3. The fraction of sp³-hybridized carbons (Fsp3) is 0.400. The summed E-state index contributed by atoms with van der Waals surface area (Å²) in [5, 5.41) is 15.5. The third-order valence-corrected chi connectivity index (χ3v) is 7.48. The van der Waals surface area contributed by atoms with Crippen LogP contribution in [0.3, 0.4) is 0 Å². The van der Waals surface area contributed by atoms with Crippen molar-refractivity contribution >= 4 is 28.3 Å². The zero-order chi connectivity index (χ0) is 26.8. The van der Waals surface area contributed by atoms with E-state index >= 15 is 0 Å². The number of nitrogens with one attached hydrogen (secondary N) is 1. The molecule has 4 rings (SSSR count). The molecule has 2 aromatic heterocycles. The summed E-state index contributed by atoms with van der Waals surface area (Å²) in [5.41, 5.74) is -2.78. The molecule has 0 spiro atoms.